The number of H-pyrrole nitrogens is 1. The van der Waals surface area contributed by atoms with E-state index in [0.29, 0.717) is 17.8 Å². The number of aromatic nitrogens is 2. The van der Waals surface area contributed by atoms with Crippen molar-refractivity contribution in [2.24, 2.45) is 0 Å². The summed E-state index contributed by atoms with van der Waals surface area (Å²) < 4.78 is 0. The Morgan fingerprint density at radius 1 is 1.69 bits per heavy atom. The highest BCUT2D eigenvalue weighted by Gasteiger charge is 2.19. The first-order valence-corrected chi connectivity index (χ1v) is 5.24. The van der Waals surface area contributed by atoms with Gasteiger partial charge >= 0.3 is 0 Å². The molecule has 1 heterocycles. The summed E-state index contributed by atoms with van der Waals surface area (Å²) in [7, 11) is 1.76. The van der Waals surface area contributed by atoms with E-state index in [1.54, 1.807) is 18.9 Å². The normalized spacial score (nSPS) is 10.1. The van der Waals surface area contributed by atoms with Crippen LogP contribution in [0.25, 0.3) is 0 Å². The van der Waals surface area contributed by atoms with Crippen molar-refractivity contribution < 1.29 is 4.79 Å². The van der Waals surface area contributed by atoms with E-state index in [2.05, 4.69) is 16.8 Å². The van der Waals surface area contributed by atoms with Crippen LogP contribution in [0.5, 0.6) is 0 Å². The molecule has 88 valence electrons. The summed E-state index contributed by atoms with van der Waals surface area (Å²) in [5, 5.41) is 6.51. The molecule has 0 aliphatic heterocycles. The van der Waals surface area contributed by atoms with Crippen LogP contribution in [0.15, 0.2) is 12.7 Å². The van der Waals surface area contributed by atoms with Gasteiger partial charge in [-0.3, -0.25) is 9.89 Å². The Hall–Kier alpha value is -1.78. The van der Waals surface area contributed by atoms with Crippen molar-refractivity contribution >= 4 is 11.7 Å². The molecule has 1 aromatic heterocycles. The Labute approximate surface area is 95.3 Å². The fourth-order valence-electron chi connectivity index (χ4n) is 1.48. The zero-order valence-electron chi connectivity index (χ0n) is 9.79. The molecule has 16 heavy (non-hydrogen) atoms. The topological polar surface area (TPSA) is 75.0 Å². The van der Waals surface area contributed by atoms with Crippen molar-refractivity contribution in [2.75, 3.05) is 19.3 Å². The lowest BCUT2D eigenvalue weighted by Gasteiger charge is -2.16. The van der Waals surface area contributed by atoms with Gasteiger partial charge in [0, 0.05) is 19.3 Å². The Kier molecular flexibility index (Phi) is 4.10. The van der Waals surface area contributed by atoms with Crippen molar-refractivity contribution in [3.63, 3.8) is 0 Å². The number of anilines is 1. The number of aryl methyl sites for hydroxylation is 1. The van der Waals surface area contributed by atoms with Gasteiger partial charge in [0.15, 0.2) is 5.82 Å². The number of hydrogen-bond acceptors (Lipinski definition) is 3. The number of unbranched alkanes of at least 4 members (excludes halogenated alkanes) is 1. The highest BCUT2D eigenvalue weighted by atomic mass is 16.2. The molecule has 1 amide bonds. The number of nitrogens with two attached hydrogens (primary N) is 1. The van der Waals surface area contributed by atoms with Crippen molar-refractivity contribution in [1.29, 1.82) is 0 Å². The van der Waals surface area contributed by atoms with Crippen LogP contribution >= 0.6 is 0 Å². The summed E-state index contributed by atoms with van der Waals surface area (Å²) in [6, 6.07) is 0. The first-order valence-electron chi connectivity index (χ1n) is 5.24. The van der Waals surface area contributed by atoms with Gasteiger partial charge in [-0.25, -0.2) is 0 Å². The van der Waals surface area contributed by atoms with Crippen LogP contribution < -0.4 is 5.73 Å². The minimum absolute atomic E-state index is 0.0900. The molecule has 0 saturated heterocycles. The molecule has 0 unspecified atom stereocenters. The molecular weight excluding hydrogens is 204 g/mol. The number of nitrogens with zero attached hydrogens (tertiary/aromatic N) is 2. The van der Waals surface area contributed by atoms with Crippen molar-refractivity contribution in [1.82, 2.24) is 15.1 Å². The van der Waals surface area contributed by atoms with Crippen LogP contribution in [0.1, 0.15) is 28.9 Å². The van der Waals surface area contributed by atoms with E-state index in [9.17, 15) is 4.79 Å². The van der Waals surface area contributed by atoms with Gasteiger partial charge in [-0.1, -0.05) is 6.08 Å². The van der Waals surface area contributed by atoms with E-state index in [-0.39, 0.29) is 11.7 Å². The number of carbonyl (C=O) groups excluding carboxylic acids is 1. The number of carbonyl (C=O) groups is 1. The molecule has 0 aliphatic carbocycles. The summed E-state index contributed by atoms with van der Waals surface area (Å²) in [5.74, 6) is 0.172. The molecule has 5 nitrogen and oxygen atoms in total. The predicted octanol–water partition coefficient (Wildman–Crippen LogP) is 1.34. The van der Waals surface area contributed by atoms with Crippen LogP contribution in [0, 0.1) is 6.92 Å². The standard InChI is InChI=1S/C11H18N4O/c1-4-5-6-7-15(3)11(16)9-8(2)13-14-10(9)12/h4H,1,5-7H2,2-3H3,(H3,12,13,14). The second-order valence-electron chi connectivity index (χ2n) is 3.77. The third-order valence-electron chi connectivity index (χ3n) is 2.44. The van der Waals surface area contributed by atoms with Gasteiger partial charge in [-0.2, -0.15) is 5.10 Å². The SMILES string of the molecule is C=CCCCN(C)C(=O)c1c(N)n[nH]c1C. The van der Waals surface area contributed by atoms with E-state index in [0.717, 1.165) is 12.8 Å². The smallest absolute Gasteiger partial charge is 0.259 e. The Bertz CT molecular complexity index is 364. The summed E-state index contributed by atoms with van der Waals surface area (Å²) in [4.78, 5) is 13.7. The first kappa shape index (κ1) is 12.3. The fraction of sp³-hybridized carbons (Fsp3) is 0.455. The zero-order chi connectivity index (χ0) is 12.1. The molecule has 0 atom stereocenters. The van der Waals surface area contributed by atoms with Crippen molar-refractivity contribution in [3.8, 4) is 0 Å². The number of hydrogen-bond donors (Lipinski definition) is 2. The summed E-state index contributed by atoms with van der Waals surface area (Å²) in [6.07, 6.45) is 3.65. The second kappa shape index (κ2) is 5.34. The van der Waals surface area contributed by atoms with E-state index in [1.165, 1.54) is 0 Å². The van der Waals surface area contributed by atoms with E-state index < -0.39 is 0 Å². The Morgan fingerprint density at radius 2 is 2.38 bits per heavy atom. The lowest BCUT2D eigenvalue weighted by atomic mass is 10.2. The highest BCUT2D eigenvalue weighted by molar-refractivity contribution is 5.99. The van der Waals surface area contributed by atoms with E-state index in [1.807, 2.05) is 6.08 Å². The Morgan fingerprint density at radius 3 is 2.88 bits per heavy atom. The molecule has 0 radical (unpaired) electrons. The second-order valence-corrected chi connectivity index (χ2v) is 3.77. The molecule has 0 spiro atoms. The van der Waals surface area contributed by atoms with Crippen molar-refractivity contribution in [2.45, 2.75) is 19.8 Å². The van der Waals surface area contributed by atoms with Crippen LogP contribution in [-0.4, -0.2) is 34.6 Å². The third-order valence-corrected chi connectivity index (χ3v) is 2.44. The monoisotopic (exact) mass is 222 g/mol. The van der Waals surface area contributed by atoms with Gasteiger partial charge in [0.2, 0.25) is 0 Å². The van der Waals surface area contributed by atoms with Crippen molar-refractivity contribution in [3.05, 3.63) is 23.9 Å². The van der Waals surface area contributed by atoms with E-state index >= 15 is 0 Å². The fourth-order valence-corrected chi connectivity index (χ4v) is 1.48. The van der Waals surface area contributed by atoms with Gasteiger partial charge in [-0.15, -0.1) is 6.58 Å². The van der Waals surface area contributed by atoms with Gasteiger partial charge in [-0.05, 0) is 19.8 Å². The van der Waals surface area contributed by atoms with Gasteiger partial charge in [0.25, 0.3) is 5.91 Å². The number of aromatic amines is 1. The molecule has 3 N–H and O–H groups in total. The first-order chi connectivity index (χ1) is 7.57. The lowest BCUT2D eigenvalue weighted by Crippen LogP contribution is -2.28. The van der Waals surface area contributed by atoms with Crippen LogP contribution in [0.2, 0.25) is 0 Å². The number of nitrogens with one attached hydrogen (secondary N) is 1. The average Bonchev–Trinajstić information content (AvgIpc) is 2.58. The molecule has 0 aromatic carbocycles. The number of rotatable bonds is 5. The van der Waals surface area contributed by atoms with Gasteiger partial charge in [0.1, 0.15) is 5.56 Å². The summed E-state index contributed by atoms with van der Waals surface area (Å²) >= 11 is 0. The molecule has 0 bridgehead atoms. The number of allylic oxidation sites excluding steroid dienone is 1. The maximum Gasteiger partial charge on any atom is 0.259 e. The Balaban J connectivity index is 2.67. The molecular formula is C11H18N4O. The maximum atomic E-state index is 12.0. The van der Waals surface area contributed by atoms with E-state index in [4.69, 9.17) is 5.73 Å². The lowest BCUT2D eigenvalue weighted by molar-refractivity contribution is 0.0794. The minimum Gasteiger partial charge on any atom is -0.382 e. The number of amides is 1. The largest absolute Gasteiger partial charge is 0.382 e. The van der Waals surface area contributed by atoms with Gasteiger partial charge < -0.3 is 10.6 Å². The molecule has 1 rings (SSSR count). The molecule has 0 aliphatic rings. The molecule has 5 heteroatoms. The quantitative estimate of drug-likeness (QED) is 0.583. The number of nitrogen functional groups attached to an aromatic ring is 1. The summed E-state index contributed by atoms with van der Waals surface area (Å²) in [6.45, 7) is 6.12. The van der Waals surface area contributed by atoms with Crippen LogP contribution in [0.4, 0.5) is 5.82 Å². The van der Waals surface area contributed by atoms with Crippen LogP contribution in [0.3, 0.4) is 0 Å². The molecule has 1 aromatic rings. The molecule has 0 fully saturated rings. The third kappa shape index (κ3) is 2.62. The predicted molar refractivity (Wildman–Crippen MR) is 64.1 cm³/mol. The van der Waals surface area contributed by atoms with Gasteiger partial charge in [0.05, 0.1) is 0 Å². The minimum atomic E-state index is -0.0900. The summed E-state index contributed by atoms with van der Waals surface area (Å²) in [5.41, 5.74) is 6.81. The molecule has 0 saturated carbocycles. The highest BCUT2D eigenvalue weighted by Crippen LogP contribution is 2.14. The van der Waals surface area contributed by atoms with Crippen LogP contribution in [-0.2, 0) is 0 Å². The zero-order valence-corrected chi connectivity index (χ0v) is 9.79. The average molecular weight is 222 g/mol. The maximum absolute atomic E-state index is 12.0.